The Morgan fingerprint density at radius 1 is 1.44 bits per heavy atom. The molecule has 1 aromatic rings. The number of hydrogen-bond acceptors (Lipinski definition) is 3. The van der Waals surface area contributed by atoms with E-state index in [1.165, 1.54) is 0 Å². The van der Waals surface area contributed by atoms with Crippen molar-refractivity contribution in [3.8, 4) is 5.75 Å². The lowest BCUT2D eigenvalue weighted by atomic mass is 10.1. The van der Waals surface area contributed by atoms with E-state index in [0.717, 1.165) is 34.4 Å². The standard InChI is InChI=1S/C13H19BrN2O2/c1-4-16-7-10-6-11(14)5-9(2)13(10)18-8-12(17)15-3/h5-6,16H,4,7-8H2,1-3H3,(H,15,17). The van der Waals surface area contributed by atoms with Crippen molar-refractivity contribution >= 4 is 21.8 Å². The average molecular weight is 315 g/mol. The van der Waals surface area contributed by atoms with E-state index in [1.807, 2.05) is 19.1 Å². The van der Waals surface area contributed by atoms with Gasteiger partial charge in [-0.05, 0) is 31.2 Å². The van der Waals surface area contributed by atoms with Crippen LogP contribution < -0.4 is 15.4 Å². The second-order valence-electron chi connectivity index (χ2n) is 3.95. The average Bonchev–Trinajstić information content (AvgIpc) is 2.34. The number of rotatable bonds is 6. The molecule has 1 aromatic carbocycles. The van der Waals surface area contributed by atoms with Gasteiger partial charge >= 0.3 is 0 Å². The zero-order chi connectivity index (χ0) is 13.5. The van der Waals surface area contributed by atoms with Crippen molar-refractivity contribution in [3.63, 3.8) is 0 Å². The second-order valence-corrected chi connectivity index (χ2v) is 4.87. The van der Waals surface area contributed by atoms with Crippen molar-refractivity contribution < 1.29 is 9.53 Å². The number of carbonyl (C=O) groups is 1. The van der Waals surface area contributed by atoms with Crippen LogP contribution in [0.2, 0.25) is 0 Å². The fourth-order valence-corrected chi connectivity index (χ4v) is 2.23. The smallest absolute Gasteiger partial charge is 0.257 e. The third kappa shape index (κ3) is 4.31. The summed E-state index contributed by atoms with van der Waals surface area (Å²) in [6.45, 7) is 5.67. The van der Waals surface area contributed by atoms with E-state index in [1.54, 1.807) is 7.05 Å². The SMILES string of the molecule is CCNCc1cc(Br)cc(C)c1OCC(=O)NC. The summed E-state index contributed by atoms with van der Waals surface area (Å²) in [5.41, 5.74) is 2.06. The zero-order valence-corrected chi connectivity index (χ0v) is 12.6. The molecule has 0 saturated heterocycles. The van der Waals surface area contributed by atoms with Crippen LogP contribution >= 0.6 is 15.9 Å². The highest BCUT2D eigenvalue weighted by Crippen LogP contribution is 2.28. The fourth-order valence-electron chi connectivity index (χ4n) is 1.61. The van der Waals surface area contributed by atoms with E-state index in [2.05, 4.69) is 33.5 Å². The number of likely N-dealkylation sites (N-methyl/N-ethyl adjacent to an activating group) is 1. The first-order chi connectivity index (χ1) is 8.58. The number of aryl methyl sites for hydroxylation is 1. The number of hydrogen-bond donors (Lipinski definition) is 2. The molecule has 0 heterocycles. The molecule has 0 spiro atoms. The first-order valence-electron chi connectivity index (χ1n) is 5.91. The van der Waals surface area contributed by atoms with Gasteiger partial charge in [0.25, 0.3) is 5.91 Å². The molecule has 0 bridgehead atoms. The minimum atomic E-state index is -0.133. The monoisotopic (exact) mass is 314 g/mol. The van der Waals surface area contributed by atoms with Crippen LogP contribution in [0.25, 0.3) is 0 Å². The lowest BCUT2D eigenvalue weighted by molar-refractivity contribution is -0.122. The highest BCUT2D eigenvalue weighted by Gasteiger charge is 2.10. The van der Waals surface area contributed by atoms with E-state index in [0.29, 0.717) is 0 Å². The molecule has 0 unspecified atom stereocenters. The summed E-state index contributed by atoms with van der Waals surface area (Å²) in [4.78, 5) is 11.2. The Morgan fingerprint density at radius 3 is 2.78 bits per heavy atom. The highest BCUT2D eigenvalue weighted by molar-refractivity contribution is 9.10. The van der Waals surface area contributed by atoms with Crippen LogP contribution in [0.4, 0.5) is 0 Å². The molecule has 1 rings (SSSR count). The number of halogens is 1. The van der Waals surface area contributed by atoms with Crippen molar-refractivity contribution in [2.24, 2.45) is 0 Å². The molecule has 2 N–H and O–H groups in total. The summed E-state index contributed by atoms with van der Waals surface area (Å²) in [6.07, 6.45) is 0. The molecular weight excluding hydrogens is 296 g/mol. The Labute approximate surface area is 116 Å². The minimum absolute atomic E-state index is 0.0398. The predicted molar refractivity (Wildman–Crippen MR) is 75.8 cm³/mol. The van der Waals surface area contributed by atoms with Gasteiger partial charge in [-0.25, -0.2) is 0 Å². The molecule has 0 atom stereocenters. The van der Waals surface area contributed by atoms with Gasteiger partial charge in [0.05, 0.1) is 0 Å². The number of nitrogens with one attached hydrogen (secondary N) is 2. The Bertz CT molecular complexity index is 422. The maximum absolute atomic E-state index is 11.2. The maximum atomic E-state index is 11.2. The van der Waals surface area contributed by atoms with Gasteiger partial charge in [-0.2, -0.15) is 0 Å². The van der Waals surface area contributed by atoms with Gasteiger partial charge in [0.2, 0.25) is 0 Å². The van der Waals surface area contributed by atoms with Crippen LogP contribution in [0, 0.1) is 6.92 Å². The van der Waals surface area contributed by atoms with E-state index < -0.39 is 0 Å². The quantitative estimate of drug-likeness (QED) is 0.844. The van der Waals surface area contributed by atoms with Crippen LogP contribution in [-0.4, -0.2) is 26.1 Å². The summed E-state index contributed by atoms with van der Waals surface area (Å²) in [7, 11) is 1.60. The lowest BCUT2D eigenvalue weighted by Crippen LogP contribution is -2.25. The predicted octanol–water partition coefficient (Wildman–Crippen LogP) is 1.99. The van der Waals surface area contributed by atoms with Crippen LogP contribution in [0.5, 0.6) is 5.75 Å². The topological polar surface area (TPSA) is 50.4 Å². The molecule has 5 heteroatoms. The van der Waals surface area contributed by atoms with Crippen LogP contribution in [0.3, 0.4) is 0 Å². The highest BCUT2D eigenvalue weighted by atomic mass is 79.9. The first kappa shape index (κ1) is 15.0. The van der Waals surface area contributed by atoms with Gasteiger partial charge in [0, 0.05) is 23.6 Å². The van der Waals surface area contributed by atoms with E-state index in [9.17, 15) is 4.79 Å². The van der Waals surface area contributed by atoms with Crippen molar-refractivity contribution in [2.45, 2.75) is 20.4 Å². The zero-order valence-electron chi connectivity index (χ0n) is 11.0. The fraction of sp³-hybridized carbons (Fsp3) is 0.462. The Kier molecular flexibility index (Phi) is 6.15. The van der Waals surface area contributed by atoms with Crippen molar-refractivity contribution in [2.75, 3.05) is 20.2 Å². The van der Waals surface area contributed by atoms with Gasteiger partial charge in [0.15, 0.2) is 6.61 Å². The molecule has 18 heavy (non-hydrogen) atoms. The third-order valence-corrected chi connectivity index (χ3v) is 2.97. The van der Waals surface area contributed by atoms with E-state index in [-0.39, 0.29) is 12.5 Å². The first-order valence-corrected chi connectivity index (χ1v) is 6.70. The second kappa shape index (κ2) is 7.38. The minimum Gasteiger partial charge on any atom is -0.483 e. The summed E-state index contributed by atoms with van der Waals surface area (Å²) in [5.74, 6) is 0.648. The molecule has 1 amide bonds. The molecule has 0 radical (unpaired) electrons. The molecule has 0 aliphatic rings. The maximum Gasteiger partial charge on any atom is 0.257 e. The number of benzene rings is 1. The molecule has 0 aliphatic carbocycles. The van der Waals surface area contributed by atoms with Crippen molar-refractivity contribution in [1.29, 1.82) is 0 Å². The van der Waals surface area contributed by atoms with Gasteiger partial charge in [-0.3, -0.25) is 4.79 Å². The summed E-state index contributed by atoms with van der Waals surface area (Å²) >= 11 is 3.47. The molecule has 0 aromatic heterocycles. The normalized spacial score (nSPS) is 10.2. The molecule has 100 valence electrons. The van der Waals surface area contributed by atoms with Gasteiger partial charge < -0.3 is 15.4 Å². The molecule has 0 aliphatic heterocycles. The summed E-state index contributed by atoms with van der Waals surface area (Å²) < 4.78 is 6.61. The van der Waals surface area contributed by atoms with E-state index >= 15 is 0 Å². The Balaban J connectivity index is 2.88. The summed E-state index contributed by atoms with van der Waals surface area (Å²) in [5, 5.41) is 5.80. The number of amides is 1. The van der Waals surface area contributed by atoms with E-state index in [4.69, 9.17) is 4.74 Å². The third-order valence-electron chi connectivity index (χ3n) is 2.51. The van der Waals surface area contributed by atoms with Crippen LogP contribution in [-0.2, 0) is 11.3 Å². The van der Waals surface area contributed by atoms with Crippen molar-refractivity contribution in [3.05, 3.63) is 27.7 Å². The molecule has 4 nitrogen and oxygen atoms in total. The van der Waals surface area contributed by atoms with Gasteiger partial charge in [-0.1, -0.05) is 22.9 Å². The van der Waals surface area contributed by atoms with Crippen molar-refractivity contribution in [1.82, 2.24) is 10.6 Å². The van der Waals surface area contributed by atoms with Crippen LogP contribution in [0.1, 0.15) is 18.1 Å². The number of carbonyl (C=O) groups excluding carboxylic acids is 1. The molecular formula is C13H19BrN2O2. The summed E-state index contributed by atoms with van der Waals surface area (Å²) in [6, 6.07) is 3.99. The van der Waals surface area contributed by atoms with Gasteiger partial charge in [-0.15, -0.1) is 0 Å². The lowest BCUT2D eigenvalue weighted by Gasteiger charge is -2.14. The Hall–Kier alpha value is -1.07. The Morgan fingerprint density at radius 2 is 2.17 bits per heavy atom. The molecule has 0 saturated carbocycles. The van der Waals surface area contributed by atoms with Gasteiger partial charge in [0.1, 0.15) is 5.75 Å². The number of ether oxygens (including phenoxy) is 1. The van der Waals surface area contributed by atoms with Crippen LogP contribution in [0.15, 0.2) is 16.6 Å². The molecule has 0 fully saturated rings. The largest absolute Gasteiger partial charge is 0.483 e.